The number of benzene rings is 1. The lowest BCUT2D eigenvalue weighted by molar-refractivity contribution is 0.752. The quantitative estimate of drug-likeness (QED) is 0.718. The first-order valence-electron chi connectivity index (χ1n) is 5.07. The molecule has 0 fully saturated rings. The first-order valence-corrected chi connectivity index (χ1v) is 5.07. The van der Waals surface area contributed by atoms with Crippen LogP contribution in [0.5, 0.6) is 0 Å². The molecule has 0 N–H and O–H groups in total. The molecule has 1 heterocycles. The van der Waals surface area contributed by atoms with Crippen molar-refractivity contribution in [3.63, 3.8) is 0 Å². The normalized spacial score (nSPS) is 10.3. The minimum absolute atomic E-state index is 0.0982. The second kappa shape index (κ2) is 3.78. The Bertz CT molecular complexity index is 650. The lowest BCUT2D eigenvalue weighted by Gasteiger charge is -2.06. The predicted octanol–water partition coefficient (Wildman–Crippen LogP) is 1.37. The lowest BCUT2D eigenvalue weighted by Crippen LogP contribution is -2.22. The summed E-state index contributed by atoms with van der Waals surface area (Å²) in [7, 11) is 1.70. The van der Waals surface area contributed by atoms with E-state index in [0.29, 0.717) is 22.9 Å². The molecule has 0 unspecified atom stereocenters. The van der Waals surface area contributed by atoms with Crippen LogP contribution in [0.4, 0.5) is 0 Å². The molecule has 2 aromatic rings. The lowest BCUT2D eigenvalue weighted by atomic mass is 10.1. The zero-order chi connectivity index (χ0) is 11.7. The van der Waals surface area contributed by atoms with Gasteiger partial charge in [-0.3, -0.25) is 9.36 Å². The van der Waals surface area contributed by atoms with Crippen LogP contribution in [0.2, 0.25) is 0 Å². The Morgan fingerprint density at radius 3 is 2.88 bits per heavy atom. The van der Waals surface area contributed by atoms with Crippen LogP contribution in [-0.4, -0.2) is 9.55 Å². The van der Waals surface area contributed by atoms with Crippen molar-refractivity contribution in [1.82, 2.24) is 9.55 Å². The molecule has 80 valence electrons. The molecule has 2 rings (SSSR count). The van der Waals surface area contributed by atoms with Crippen LogP contribution in [0.25, 0.3) is 10.9 Å². The summed E-state index contributed by atoms with van der Waals surface area (Å²) >= 11 is 0. The zero-order valence-corrected chi connectivity index (χ0v) is 9.19. The van der Waals surface area contributed by atoms with Crippen molar-refractivity contribution in [2.24, 2.45) is 7.05 Å². The highest BCUT2D eigenvalue weighted by atomic mass is 16.1. The summed E-state index contributed by atoms with van der Waals surface area (Å²) in [6.45, 7) is 1.96. The number of aryl methyl sites for hydroxylation is 1. The molecule has 16 heavy (non-hydrogen) atoms. The van der Waals surface area contributed by atoms with Crippen LogP contribution < -0.4 is 5.56 Å². The van der Waals surface area contributed by atoms with Crippen LogP contribution in [0.15, 0.2) is 23.0 Å². The molecular weight excluding hydrogens is 202 g/mol. The molecule has 0 aliphatic heterocycles. The molecule has 0 saturated carbocycles. The Balaban J connectivity index is 2.89. The number of hydrogen-bond donors (Lipinski definition) is 0. The van der Waals surface area contributed by atoms with E-state index in [0.717, 1.165) is 5.82 Å². The number of nitriles is 1. The fraction of sp³-hybridized carbons (Fsp3) is 0.250. The minimum Gasteiger partial charge on any atom is -0.299 e. The molecule has 0 aliphatic rings. The molecule has 1 aromatic carbocycles. The van der Waals surface area contributed by atoms with E-state index >= 15 is 0 Å². The maximum atomic E-state index is 12.0. The highest BCUT2D eigenvalue weighted by molar-refractivity contribution is 5.79. The second-order valence-electron chi connectivity index (χ2n) is 3.59. The van der Waals surface area contributed by atoms with Crippen molar-refractivity contribution >= 4 is 10.9 Å². The van der Waals surface area contributed by atoms with Gasteiger partial charge in [0.15, 0.2) is 0 Å². The fourth-order valence-electron chi connectivity index (χ4n) is 1.70. The third-order valence-electron chi connectivity index (χ3n) is 2.61. The van der Waals surface area contributed by atoms with Gasteiger partial charge in [-0.1, -0.05) is 6.92 Å². The molecule has 0 amide bonds. The number of aromatic nitrogens is 2. The minimum atomic E-state index is -0.0982. The molecule has 0 atom stereocenters. The van der Waals surface area contributed by atoms with Gasteiger partial charge in [-0.15, -0.1) is 0 Å². The first kappa shape index (κ1) is 10.4. The van der Waals surface area contributed by atoms with E-state index in [2.05, 4.69) is 4.98 Å². The molecule has 0 aliphatic carbocycles. The smallest absolute Gasteiger partial charge is 0.261 e. The molecule has 4 heteroatoms. The summed E-state index contributed by atoms with van der Waals surface area (Å²) < 4.78 is 1.53. The molecule has 0 saturated heterocycles. The summed E-state index contributed by atoms with van der Waals surface area (Å²) in [5.74, 6) is 0.752. The SMILES string of the molecule is CCc1nc2ccc(C#N)cc2c(=O)n1C. The van der Waals surface area contributed by atoms with Crippen molar-refractivity contribution < 1.29 is 0 Å². The Morgan fingerprint density at radius 1 is 1.50 bits per heavy atom. The molecule has 0 bridgehead atoms. The molecule has 4 nitrogen and oxygen atoms in total. The van der Waals surface area contributed by atoms with Crippen LogP contribution in [0.1, 0.15) is 18.3 Å². The number of fused-ring (bicyclic) bond motifs is 1. The summed E-state index contributed by atoms with van der Waals surface area (Å²) in [6.07, 6.45) is 0.710. The molecule has 1 aromatic heterocycles. The summed E-state index contributed by atoms with van der Waals surface area (Å²) in [4.78, 5) is 16.4. The van der Waals surface area contributed by atoms with Crippen molar-refractivity contribution in [3.05, 3.63) is 39.9 Å². The van der Waals surface area contributed by atoms with Gasteiger partial charge in [0.25, 0.3) is 5.56 Å². The number of hydrogen-bond acceptors (Lipinski definition) is 3. The molecule has 0 radical (unpaired) electrons. The Morgan fingerprint density at radius 2 is 2.25 bits per heavy atom. The van der Waals surface area contributed by atoms with E-state index in [1.807, 2.05) is 13.0 Å². The maximum Gasteiger partial charge on any atom is 0.261 e. The van der Waals surface area contributed by atoms with Crippen molar-refractivity contribution in [2.75, 3.05) is 0 Å². The van der Waals surface area contributed by atoms with Gasteiger partial charge in [0.2, 0.25) is 0 Å². The zero-order valence-electron chi connectivity index (χ0n) is 9.19. The highest BCUT2D eigenvalue weighted by Gasteiger charge is 2.07. The van der Waals surface area contributed by atoms with E-state index in [1.54, 1.807) is 25.2 Å². The third-order valence-corrected chi connectivity index (χ3v) is 2.61. The summed E-state index contributed by atoms with van der Waals surface area (Å²) in [5, 5.41) is 9.28. The van der Waals surface area contributed by atoms with Gasteiger partial charge < -0.3 is 0 Å². The van der Waals surface area contributed by atoms with Gasteiger partial charge >= 0.3 is 0 Å². The Labute approximate surface area is 92.8 Å². The monoisotopic (exact) mass is 213 g/mol. The fourth-order valence-corrected chi connectivity index (χ4v) is 1.70. The second-order valence-corrected chi connectivity index (χ2v) is 3.59. The molecular formula is C12H11N3O. The Hall–Kier alpha value is -2.15. The average molecular weight is 213 g/mol. The standard InChI is InChI=1S/C12H11N3O/c1-3-11-14-10-5-4-8(7-13)6-9(10)12(16)15(11)2/h4-6H,3H2,1-2H3. The number of rotatable bonds is 1. The van der Waals surface area contributed by atoms with E-state index in [1.165, 1.54) is 4.57 Å². The van der Waals surface area contributed by atoms with Crippen molar-refractivity contribution in [2.45, 2.75) is 13.3 Å². The van der Waals surface area contributed by atoms with E-state index in [9.17, 15) is 4.79 Å². The van der Waals surface area contributed by atoms with Crippen molar-refractivity contribution in [3.8, 4) is 6.07 Å². The van der Waals surface area contributed by atoms with Gasteiger partial charge in [0.05, 0.1) is 22.5 Å². The first-order chi connectivity index (χ1) is 7.67. The third kappa shape index (κ3) is 1.47. The largest absolute Gasteiger partial charge is 0.299 e. The van der Waals surface area contributed by atoms with Gasteiger partial charge in [-0.25, -0.2) is 4.98 Å². The van der Waals surface area contributed by atoms with Crippen molar-refractivity contribution in [1.29, 1.82) is 5.26 Å². The average Bonchev–Trinajstić information content (AvgIpc) is 2.33. The topological polar surface area (TPSA) is 58.7 Å². The van der Waals surface area contributed by atoms with Gasteiger partial charge in [0.1, 0.15) is 5.82 Å². The van der Waals surface area contributed by atoms with Crippen LogP contribution in [0.3, 0.4) is 0 Å². The van der Waals surface area contributed by atoms with Crippen LogP contribution in [-0.2, 0) is 13.5 Å². The number of nitrogens with zero attached hydrogens (tertiary/aromatic N) is 3. The summed E-state index contributed by atoms with van der Waals surface area (Å²) in [6, 6.07) is 7.00. The van der Waals surface area contributed by atoms with Gasteiger partial charge in [-0.05, 0) is 18.2 Å². The van der Waals surface area contributed by atoms with Crippen LogP contribution >= 0.6 is 0 Å². The van der Waals surface area contributed by atoms with Gasteiger partial charge in [0, 0.05) is 13.5 Å². The van der Waals surface area contributed by atoms with Gasteiger partial charge in [-0.2, -0.15) is 5.26 Å². The van der Waals surface area contributed by atoms with E-state index < -0.39 is 0 Å². The predicted molar refractivity (Wildman–Crippen MR) is 61.1 cm³/mol. The maximum absolute atomic E-state index is 12.0. The summed E-state index contributed by atoms with van der Waals surface area (Å²) in [5.41, 5.74) is 1.04. The highest BCUT2D eigenvalue weighted by Crippen LogP contribution is 2.10. The van der Waals surface area contributed by atoms with Crippen LogP contribution in [0, 0.1) is 11.3 Å². The molecule has 0 spiro atoms. The van der Waals surface area contributed by atoms with E-state index in [-0.39, 0.29) is 5.56 Å². The van der Waals surface area contributed by atoms with E-state index in [4.69, 9.17) is 5.26 Å². The Kier molecular flexibility index (Phi) is 2.45.